The van der Waals surface area contributed by atoms with Crippen molar-refractivity contribution in [2.45, 2.75) is 20.8 Å². The van der Waals surface area contributed by atoms with Gasteiger partial charge in [0.15, 0.2) is 0 Å². The van der Waals surface area contributed by atoms with Gasteiger partial charge in [0.25, 0.3) is 0 Å². The molecule has 0 spiro atoms. The quantitative estimate of drug-likeness (QED) is 0.551. The van der Waals surface area contributed by atoms with E-state index in [9.17, 15) is 0 Å². The summed E-state index contributed by atoms with van der Waals surface area (Å²) in [6.07, 6.45) is 0. The van der Waals surface area contributed by atoms with E-state index in [2.05, 4.69) is 38.6 Å². The molecule has 0 aliphatic rings. The van der Waals surface area contributed by atoms with E-state index in [1.165, 1.54) is 22.4 Å². The van der Waals surface area contributed by atoms with Gasteiger partial charge in [-0.3, -0.25) is 0 Å². The SMILES string of the molecule is Cc1cc(C)c([NH3+])c(C)c1.[I-]. The first kappa shape index (κ1) is 10.9. The van der Waals surface area contributed by atoms with Gasteiger partial charge in [0.05, 0.1) is 0 Å². The molecule has 0 aliphatic carbocycles. The topological polar surface area (TPSA) is 27.6 Å². The number of aryl methyl sites for hydroxylation is 3. The number of hydrogen-bond donors (Lipinski definition) is 1. The lowest BCUT2D eigenvalue weighted by Crippen LogP contribution is -3.00. The molecule has 0 saturated heterocycles. The predicted octanol–water partition coefficient (Wildman–Crippen LogP) is -1.51. The molecule has 0 aromatic heterocycles. The molecule has 3 N–H and O–H groups in total. The summed E-state index contributed by atoms with van der Waals surface area (Å²) in [5.41, 5.74) is 9.03. The van der Waals surface area contributed by atoms with Crippen LogP contribution in [0.3, 0.4) is 0 Å². The van der Waals surface area contributed by atoms with Gasteiger partial charge in [-0.1, -0.05) is 17.7 Å². The summed E-state index contributed by atoms with van der Waals surface area (Å²) < 4.78 is 0. The molecule has 0 bridgehead atoms. The van der Waals surface area contributed by atoms with Gasteiger partial charge in [-0.15, -0.1) is 0 Å². The third-order valence-electron chi connectivity index (χ3n) is 1.84. The molecule has 1 nitrogen and oxygen atoms in total. The zero-order chi connectivity index (χ0) is 7.72. The highest BCUT2D eigenvalue weighted by Gasteiger charge is 2.00. The number of rotatable bonds is 0. The number of hydrogen-bond acceptors (Lipinski definition) is 0. The molecule has 0 saturated carbocycles. The molecule has 1 aromatic carbocycles. The number of quaternary nitrogens is 1. The van der Waals surface area contributed by atoms with Crippen molar-refractivity contribution in [2.24, 2.45) is 0 Å². The summed E-state index contributed by atoms with van der Waals surface area (Å²) in [5.74, 6) is 0. The predicted molar refractivity (Wildman–Crippen MR) is 43.2 cm³/mol. The van der Waals surface area contributed by atoms with Gasteiger partial charge in [0, 0.05) is 11.1 Å². The molecule has 0 aliphatic heterocycles. The van der Waals surface area contributed by atoms with Crippen LogP contribution in [0, 0.1) is 20.8 Å². The average molecular weight is 263 g/mol. The van der Waals surface area contributed by atoms with Crippen molar-refractivity contribution in [3.05, 3.63) is 28.8 Å². The van der Waals surface area contributed by atoms with Crippen molar-refractivity contribution in [1.29, 1.82) is 0 Å². The smallest absolute Gasteiger partial charge is 0.133 e. The maximum absolute atomic E-state index is 3.96. The number of benzene rings is 1. The van der Waals surface area contributed by atoms with E-state index in [0.717, 1.165) is 0 Å². The first-order valence-electron chi connectivity index (χ1n) is 3.51. The molecule has 0 atom stereocenters. The van der Waals surface area contributed by atoms with E-state index < -0.39 is 0 Å². The van der Waals surface area contributed by atoms with Gasteiger partial charge in [0.1, 0.15) is 5.69 Å². The maximum atomic E-state index is 3.96. The minimum Gasteiger partial charge on any atom is -1.00 e. The van der Waals surface area contributed by atoms with Crippen LogP contribution in [0.2, 0.25) is 0 Å². The number of halogens is 1. The van der Waals surface area contributed by atoms with Gasteiger partial charge >= 0.3 is 0 Å². The van der Waals surface area contributed by atoms with Crippen LogP contribution in [0.4, 0.5) is 5.69 Å². The second-order valence-electron chi connectivity index (χ2n) is 2.88. The zero-order valence-electron chi connectivity index (χ0n) is 7.24. The van der Waals surface area contributed by atoms with Gasteiger partial charge in [-0.05, 0) is 20.8 Å². The fourth-order valence-corrected chi connectivity index (χ4v) is 1.21. The summed E-state index contributed by atoms with van der Waals surface area (Å²) in [4.78, 5) is 0. The Kier molecular flexibility index (Phi) is 4.03. The fourth-order valence-electron chi connectivity index (χ4n) is 1.21. The van der Waals surface area contributed by atoms with E-state index in [1.54, 1.807) is 0 Å². The Morgan fingerprint density at radius 2 is 1.36 bits per heavy atom. The first-order valence-corrected chi connectivity index (χ1v) is 3.51. The minimum atomic E-state index is 0. The fraction of sp³-hybridized carbons (Fsp3) is 0.333. The second kappa shape index (κ2) is 4.07. The van der Waals surface area contributed by atoms with Crippen LogP contribution < -0.4 is 29.7 Å². The summed E-state index contributed by atoms with van der Waals surface area (Å²) in [6, 6.07) is 4.32. The van der Waals surface area contributed by atoms with Crippen LogP contribution in [0.5, 0.6) is 0 Å². The lowest BCUT2D eigenvalue weighted by atomic mass is 10.1. The third-order valence-corrected chi connectivity index (χ3v) is 1.84. The second-order valence-corrected chi connectivity index (χ2v) is 2.88. The Morgan fingerprint density at radius 1 is 1.00 bits per heavy atom. The highest BCUT2D eigenvalue weighted by atomic mass is 127. The molecule has 1 rings (SSSR count). The standard InChI is InChI=1S/C9H13N.HI/c1-6-4-7(2)9(10)8(3)5-6;/h4-5H,10H2,1-3H3;1H. The molecule has 11 heavy (non-hydrogen) atoms. The molecule has 62 valence electrons. The van der Waals surface area contributed by atoms with E-state index in [4.69, 9.17) is 0 Å². The molecule has 0 fully saturated rings. The molecule has 2 heteroatoms. The van der Waals surface area contributed by atoms with Crippen LogP contribution in [0.1, 0.15) is 16.7 Å². The zero-order valence-corrected chi connectivity index (χ0v) is 9.40. The highest BCUT2D eigenvalue weighted by molar-refractivity contribution is 5.47. The highest BCUT2D eigenvalue weighted by Crippen LogP contribution is 2.15. The third kappa shape index (κ3) is 2.45. The van der Waals surface area contributed by atoms with Crippen LogP contribution in [-0.2, 0) is 0 Å². The molecular formula is C9H14IN. The summed E-state index contributed by atoms with van der Waals surface area (Å²) in [7, 11) is 0. The van der Waals surface area contributed by atoms with E-state index >= 15 is 0 Å². The van der Waals surface area contributed by atoms with Crippen molar-refractivity contribution < 1.29 is 29.7 Å². The van der Waals surface area contributed by atoms with Gasteiger partial charge < -0.3 is 29.7 Å². The Labute approximate surface area is 85.0 Å². The lowest BCUT2D eigenvalue weighted by molar-refractivity contribution is -0.256. The molecule has 0 amide bonds. The average Bonchev–Trinajstić information content (AvgIpc) is 1.82. The van der Waals surface area contributed by atoms with Crippen LogP contribution in [0.25, 0.3) is 0 Å². The monoisotopic (exact) mass is 263 g/mol. The largest absolute Gasteiger partial charge is 1.00 e. The Hall–Kier alpha value is -0.0900. The molecule has 0 unspecified atom stereocenters. The van der Waals surface area contributed by atoms with Gasteiger partial charge in [0.2, 0.25) is 0 Å². The Balaban J connectivity index is 0.000001000. The van der Waals surface area contributed by atoms with Crippen molar-refractivity contribution in [3.8, 4) is 0 Å². The van der Waals surface area contributed by atoms with Crippen molar-refractivity contribution >= 4 is 5.69 Å². The molecule has 1 aromatic rings. The van der Waals surface area contributed by atoms with Crippen LogP contribution in [-0.4, -0.2) is 0 Å². The maximum Gasteiger partial charge on any atom is 0.133 e. The Morgan fingerprint density at radius 3 is 1.73 bits per heavy atom. The van der Waals surface area contributed by atoms with E-state index in [-0.39, 0.29) is 24.0 Å². The Bertz CT molecular complexity index is 233. The van der Waals surface area contributed by atoms with Crippen molar-refractivity contribution in [3.63, 3.8) is 0 Å². The van der Waals surface area contributed by atoms with Crippen molar-refractivity contribution in [1.82, 2.24) is 0 Å². The van der Waals surface area contributed by atoms with Gasteiger partial charge in [-0.2, -0.15) is 0 Å². The van der Waals surface area contributed by atoms with E-state index in [0.29, 0.717) is 0 Å². The summed E-state index contributed by atoms with van der Waals surface area (Å²) in [5, 5.41) is 0. The summed E-state index contributed by atoms with van der Waals surface area (Å²) in [6.45, 7) is 6.31. The molecular weight excluding hydrogens is 249 g/mol. The molecule has 0 heterocycles. The molecule has 0 radical (unpaired) electrons. The van der Waals surface area contributed by atoms with E-state index in [1.807, 2.05) is 0 Å². The van der Waals surface area contributed by atoms with Gasteiger partial charge in [-0.25, -0.2) is 0 Å². The van der Waals surface area contributed by atoms with Crippen LogP contribution >= 0.6 is 0 Å². The van der Waals surface area contributed by atoms with Crippen molar-refractivity contribution in [2.75, 3.05) is 0 Å². The minimum absolute atomic E-state index is 0. The lowest BCUT2D eigenvalue weighted by Gasteiger charge is -2.00. The summed E-state index contributed by atoms with van der Waals surface area (Å²) >= 11 is 0. The normalized spacial score (nSPS) is 9.09. The van der Waals surface area contributed by atoms with Crippen LogP contribution in [0.15, 0.2) is 12.1 Å². The first-order chi connectivity index (χ1) is 4.61.